The quantitative estimate of drug-likeness (QED) is 0.263. The highest BCUT2D eigenvalue weighted by molar-refractivity contribution is 8.12. The number of hydrogen-bond acceptors (Lipinski definition) is 4. The molecule has 0 aliphatic carbocycles. The molecule has 0 spiro atoms. The third kappa shape index (κ3) is 9.16. The van der Waals surface area contributed by atoms with E-state index < -0.39 is 11.4 Å². The number of carboxylic acids is 1. The van der Waals surface area contributed by atoms with E-state index >= 15 is 0 Å². The molecule has 0 radical (unpaired) electrons. The molecule has 0 saturated heterocycles. The second-order valence-electron chi connectivity index (χ2n) is 13.8. The molecule has 3 rings (SSSR count). The van der Waals surface area contributed by atoms with E-state index in [4.69, 9.17) is 0 Å². The molecule has 39 heavy (non-hydrogen) atoms. The molecule has 0 aromatic heterocycles. The van der Waals surface area contributed by atoms with E-state index in [2.05, 4.69) is 90.1 Å². The molecule has 2 N–H and O–H groups in total. The molecule has 0 saturated carbocycles. The van der Waals surface area contributed by atoms with Crippen LogP contribution >= 0.6 is 23.5 Å². The predicted octanol–water partition coefficient (Wildman–Crippen LogP) is 10.2. The zero-order chi connectivity index (χ0) is 29.1. The first kappa shape index (κ1) is 31.8. The number of aliphatic hydroxyl groups is 1. The molecule has 3 nitrogen and oxygen atoms in total. The monoisotopic (exact) mass is 568 g/mol. The van der Waals surface area contributed by atoms with Crippen molar-refractivity contribution < 1.29 is 15.0 Å². The van der Waals surface area contributed by atoms with E-state index in [-0.39, 0.29) is 22.9 Å². The van der Waals surface area contributed by atoms with Gasteiger partial charge in [-0.05, 0) is 78.7 Å². The van der Waals surface area contributed by atoms with E-state index in [1.165, 1.54) is 30.7 Å². The Kier molecular flexibility index (Phi) is 10.2. The summed E-state index contributed by atoms with van der Waals surface area (Å²) < 4.78 is 0. The molecule has 1 aromatic rings. The Bertz CT molecular complexity index is 1180. The summed E-state index contributed by atoms with van der Waals surface area (Å²) in [6.07, 6.45) is 15.1. The molecule has 0 bridgehead atoms. The van der Waals surface area contributed by atoms with Crippen molar-refractivity contribution in [3.8, 4) is 0 Å². The van der Waals surface area contributed by atoms with Gasteiger partial charge in [0.2, 0.25) is 0 Å². The van der Waals surface area contributed by atoms with Gasteiger partial charge in [-0.1, -0.05) is 114 Å². The summed E-state index contributed by atoms with van der Waals surface area (Å²) in [6, 6.07) is 8.77. The minimum absolute atomic E-state index is 0.0229. The van der Waals surface area contributed by atoms with Crippen LogP contribution in [0.4, 0.5) is 0 Å². The van der Waals surface area contributed by atoms with Crippen molar-refractivity contribution in [1.29, 1.82) is 0 Å². The number of thioether (sulfide) groups is 2. The van der Waals surface area contributed by atoms with E-state index in [0.717, 1.165) is 32.1 Å². The van der Waals surface area contributed by atoms with Crippen molar-refractivity contribution in [3.05, 3.63) is 69.5 Å². The SMILES string of the molecule is CC1(C)C=C(CCCC(C)(C)CO)SC(c2ccccc2C2=CC(C)(C)C=C(CCCC(C)(C)C(=O)O)S2)=C1. The molecule has 214 valence electrons. The number of carboxylic acid groups (broad SMARTS) is 1. The van der Waals surface area contributed by atoms with E-state index in [0.29, 0.717) is 6.42 Å². The van der Waals surface area contributed by atoms with Crippen molar-refractivity contribution in [2.45, 2.75) is 93.9 Å². The Balaban J connectivity index is 1.81. The van der Waals surface area contributed by atoms with E-state index in [1.54, 1.807) is 0 Å². The summed E-state index contributed by atoms with van der Waals surface area (Å²) in [6.45, 7) is 17.2. The molecule has 2 aliphatic rings. The van der Waals surface area contributed by atoms with Crippen LogP contribution in [0.2, 0.25) is 0 Å². The summed E-state index contributed by atoms with van der Waals surface area (Å²) in [5.74, 6) is -0.727. The number of aliphatic hydroxyl groups excluding tert-OH is 1. The van der Waals surface area contributed by atoms with Crippen molar-refractivity contribution >= 4 is 39.3 Å². The summed E-state index contributed by atoms with van der Waals surface area (Å²) in [5, 5.41) is 19.2. The van der Waals surface area contributed by atoms with Crippen LogP contribution in [-0.2, 0) is 4.79 Å². The maximum absolute atomic E-state index is 11.6. The minimum atomic E-state index is -0.727. The lowest BCUT2D eigenvalue weighted by molar-refractivity contribution is -0.147. The highest BCUT2D eigenvalue weighted by atomic mass is 32.2. The van der Waals surface area contributed by atoms with Gasteiger partial charge in [0.15, 0.2) is 0 Å². The van der Waals surface area contributed by atoms with Gasteiger partial charge in [0.05, 0.1) is 5.41 Å². The highest BCUT2D eigenvalue weighted by Gasteiger charge is 2.29. The molecule has 2 heterocycles. The van der Waals surface area contributed by atoms with Crippen LogP contribution in [0.5, 0.6) is 0 Å². The third-order valence-electron chi connectivity index (χ3n) is 7.52. The molecule has 1 aromatic carbocycles. The number of hydrogen-bond donors (Lipinski definition) is 2. The minimum Gasteiger partial charge on any atom is -0.481 e. The Labute approximate surface area is 245 Å². The largest absolute Gasteiger partial charge is 0.481 e. The summed E-state index contributed by atoms with van der Waals surface area (Å²) in [4.78, 5) is 16.9. The zero-order valence-corrected chi connectivity index (χ0v) is 26.8. The topological polar surface area (TPSA) is 57.5 Å². The Morgan fingerprint density at radius 2 is 1.21 bits per heavy atom. The molecule has 0 atom stereocenters. The fourth-order valence-electron chi connectivity index (χ4n) is 5.05. The normalized spacial score (nSPS) is 19.1. The van der Waals surface area contributed by atoms with Crippen LogP contribution in [0.3, 0.4) is 0 Å². The lowest BCUT2D eigenvalue weighted by Crippen LogP contribution is -2.23. The Morgan fingerprint density at radius 3 is 1.62 bits per heavy atom. The third-order valence-corrected chi connectivity index (χ3v) is 9.80. The van der Waals surface area contributed by atoms with Crippen molar-refractivity contribution in [1.82, 2.24) is 0 Å². The van der Waals surface area contributed by atoms with Crippen molar-refractivity contribution in [2.75, 3.05) is 6.61 Å². The smallest absolute Gasteiger partial charge is 0.309 e. The highest BCUT2D eigenvalue weighted by Crippen LogP contribution is 2.51. The number of benzene rings is 1. The van der Waals surface area contributed by atoms with Crippen LogP contribution in [0.1, 0.15) is 105 Å². The molecular weight excluding hydrogens is 521 g/mol. The summed E-state index contributed by atoms with van der Waals surface area (Å²) >= 11 is 3.74. The molecular formula is C34H48O3S2. The molecule has 0 amide bonds. The van der Waals surface area contributed by atoms with E-state index in [9.17, 15) is 15.0 Å². The molecule has 5 heteroatoms. The number of aliphatic carboxylic acids is 1. The lowest BCUT2D eigenvalue weighted by Gasteiger charge is -2.30. The average molecular weight is 569 g/mol. The fourth-order valence-corrected chi connectivity index (χ4v) is 8.13. The number of carbonyl (C=O) groups is 1. The standard InChI is InChI=1S/C34H48O3S2/c1-31(2,23-35)17-11-13-24-19-32(3,4)21-28(38-24)26-15-9-10-16-27(26)29-22-33(5,6)20-25(39-29)14-12-18-34(7,8)30(36)37/h9-10,15-16,19-22,35H,11-14,17-18,23H2,1-8H3,(H,36,37). The zero-order valence-electron chi connectivity index (χ0n) is 25.2. The summed E-state index contributed by atoms with van der Waals surface area (Å²) in [7, 11) is 0. The number of allylic oxidation sites excluding steroid dienone is 6. The van der Waals surface area contributed by atoms with Crippen molar-refractivity contribution in [3.63, 3.8) is 0 Å². The second-order valence-corrected chi connectivity index (χ2v) is 16.2. The van der Waals surface area contributed by atoms with Gasteiger partial charge in [-0.3, -0.25) is 4.79 Å². The molecule has 0 fully saturated rings. The van der Waals surface area contributed by atoms with Crippen LogP contribution in [0.15, 0.2) is 58.4 Å². The van der Waals surface area contributed by atoms with Gasteiger partial charge in [0, 0.05) is 27.2 Å². The second kappa shape index (κ2) is 12.4. The molecule has 0 unspecified atom stereocenters. The van der Waals surface area contributed by atoms with Crippen LogP contribution < -0.4 is 0 Å². The Morgan fingerprint density at radius 1 is 0.769 bits per heavy atom. The van der Waals surface area contributed by atoms with Gasteiger partial charge in [0.25, 0.3) is 0 Å². The maximum Gasteiger partial charge on any atom is 0.309 e. The van der Waals surface area contributed by atoms with Gasteiger partial charge in [-0.15, -0.1) is 0 Å². The fraction of sp³-hybridized carbons (Fsp3) is 0.559. The Hall–Kier alpha value is -1.69. The number of rotatable bonds is 12. The van der Waals surface area contributed by atoms with Crippen LogP contribution in [0.25, 0.3) is 9.81 Å². The van der Waals surface area contributed by atoms with Gasteiger partial charge in [0.1, 0.15) is 0 Å². The summed E-state index contributed by atoms with van der Waals surface area (Å²) in [5.41, 5.74) is 1.72. The van der Waals surface area contributed by atoms with Gasteiger partial charge in [-0.25, -0.2) is 0 Å². The first-order valence-electron chi connectivity index (χ1n) is 14.2. The van der Waals surface area contributed by atoms with Gasteiger partial charge < -0.3 is 10.2 Å². The predicted molar refractivity (Wildman–Crippen MR) is 171 cm³/mol. The van der Waals surface area contributed by atoms with Crippen LogP contribution in [-0.4, -0.2) is 22.8 Å². The van der Waals surface area contributed by atoms with Gasteiger partial charge >= 0.3 is 5.97 Å². The average Bonchev–Trinajstić information content (AvgIpc) is 2.82. The lowest BCUT2D eigenvalue weighted by atomic mass is 9.86. The van der Waals surface area contributed by atoms with E-state index in [1.807, 2.05) is 37.4 Å². The first-order chi connectivity index (χ1) is 18.0. The first-order valence-corrected chi connectivity index (χ1v) is 15.8. The van der Waals surface area contributed by atoms with Crippen LogP contribution in [0, 0.1) is 21.7 Å². The van der Waals surface area contributed by atoms with Crippen molar-refractivity contribution in [2.24, 2.45) is 21.7 Å². The maximum atomic E-state index is 11.6. The molecule has 2 aliphatic heterocycles. The van der Waals surface area contributed by atoms with Gasteiger partial charge in [-0.2, -0.15) is 0 Å².